The lowest BCUT2D eigenvalue weighted by atomic mass is 9.90. The Morgan fingerprint density at radius 1 is 1.00 bits per heavy atom. The molecule has 0 atom stereocenters. The van der Waals surface area contributed by atoms with Crippen molar-refractivity contribution in [3.05, 3.63) is 53.1 Å². The predicted molar refractivity (Wildman–Crippen MR) is 65.0 cm³/mol. The highest BCUT2D eigenvalue weighted by molar-refractivity contribution is 5.71. The maximum Gasteiger partial charge on any atom is 0.412 e. The van der Waals surface area contributed by atoms with E-state index in [9.17, 15) is 23.4 Å². The molecule has 0 bridgehead atoms. The van der Waals surface area contributed by atoms with Crippen LogP contribution < -0.4 is 0 Å². The zero-order chi connectivity index (χ0) is 14.0. The van der Waals surface area contributed by atoms with Crippen molar-refractivity contribution in [3.63, 3.8) is 0 Å². The smallest absolute Gasteiger partial charge is 0.364 e. The van der Waals surface area contributed by atoms with Crippen LogP contribution >= 0.6 is 0 Å². The third-order valence-electron chi connectivity index (χ3n) is 3.10. The highest BCUT2D eigenvalue weighted by atomic mass is 19.4. The Hall–Kier alpha value is -1.59. The van der Waals surface area contributed by atoms with E-state index >= 15 is 0 Å². The first-order valence-corrected chi connectivity index (χ1v) is 5.82. The number of alkyl halides is 3. The van der Waals surface area contributed by atoms with Gasteiger partial charge in [-0.15, -0.1) is 0 Å². The number of benzene rings is 1. The van der Waals surface area contributed by atoms with Crippen LogP contribution in [0.15, 0.2) is 42.0 Å². The standard InChI is InChI=1S/C14H13F3O2/c15-14(16,17)10-7-5-9(6-8-10)11-3-1-2-4-12(11)13(18)19/h1-5,7,13,18-19H,6,8H2. The zero-order valence-corrected chi connectivity index (χ0v) is 9.98. The molecule has 0 saturated carbocycles. The van der Waals surface area contributed by atoms with E-state index in [4.69, 9.17) is 0 Å². The fourth-order valence-corrected chi connectivity index (χ4v) is 2.11. The summed E-state index contributed by atoms with van der Waals surface area (Å²) in [5.41, 5.74) is 1.00. The summed E-state index contributed by atoms with van der Waals surface area (Å²) in [5.74, 6) is 0. The van der Waals surface area contributed by atoms with Gasteiger partial charge in [0, 0.05) is 11.1 Å². The number of aliphatic hydroxyl groups excluding tert-OH is 1. The highest BCUT2D eigenvalue weighted by Gasteiger charge is 2.33. The maximum absolute atomic E-state index is 12.5. The summed E-state index contributed by atoms with van der Waals surface area (Å²) in [6, 6.07) is 6.58. The van der Waals surface area contributed by atoms with Gasteiger partial charge in [-0.05, 0) is 24.0 Å². The summed E-state index contributed by atoms with van der Waals surface area (Å²) in [5, 5.41) is 18.5. The van der Waals surface area contributed by atoms with E-state index in [1.165, 1.54) is 6.08 Å². The van der Waals surface area contributed by atoms with Gasteiger partial charge in [-0.1, -0.05) is 36.4 Å². The molecular formula is C14H13F3O2. The average Bonchev–Trinajstić information content (AvgIpc) is 2.38. The van der Waals surface area contributed by atoms with E-state index in [1.807, 2.05) is 0 Å². The van der Waals surface area contributed by atoms with Crippen molar-refractivity contribution in [1.82, 2.24) is 0 Å². The monoisotopic (exact) mass is 270 g/mol. The van der Waals surface area contributed by atoms with Crippen LogP contribution in [0.1, 0.15) is 30.3 Å². The Labute approximate surface area is 108 Å². The third kappa shape index (κ3) is 3.05. The number of rotatable bonds is 2. The third-order valence-corrected chi connectivity index (χ3v) is 3.10. The van der Waals surface area contributed by atoms with Gasteiger partial charge in [0.25, 0.3) is 0 Å². The van der Waals surface area contributed by atoms with Crippen LogP contribution in [-0.2, 0) is 0 Å². The van der Waals surface area contributed by atoms with Crippen LogP contribution in [0.3, 0.4) is 0 Å². The number of hydrogen-bond acceptors (Lipinski definition) is 2. The first kappa shape index (κ1) is 13.8. The summed E-state index contributed by atoms with van der Waals surface area (Å²) >= 11 is 0. The number of halogens is 3. The van der Waals surface area contributed by atoms with Crippen LogP contribution in [0.5, 0.6) is 0 Å². The molecule has 0 aromatic heterocycles. The lowest BCUT2D eigenvalue weighted by Crippen LogP contribution is -2.13. The first-order chi connectivity index (χ1) is 8.89. The van der Waals surface area contributed by atoms with Crippen LogP contribution in [0, 0.1) is 0 Å². The van der Waals surface area contributed by atoms with Gasteiger partial charge in [0.05, 0.1) is 0 Å². The summed E-state index contributed by atoms with van der Waals surface area (Å²) in [7, 11) is 0. The minimum Gasteiger partial charge on any atom is -0.364 e. The number of allylic oxidation sites excluding steroid dienone is 4. The fourth-order valence-electron chi connectivity index (χ4n) is 2.11. The van der Waals surface area contributed by atoms with E-state index < -0.39 is 18.0 Å². The lowest BCUT2D eigenvalue weighted by molar-refractivity contribution is -0.0939. The van der Waals surface area contributed by atoms with Gasteiger partial charge in [-0.3, -0.25) is 0 Å². The van der Waals surface area contributed by atoms with Gasteiger partial charge in [-0.25, -0.2) is 0 Å². The van der Waals surface area contributed by atoms with Crippen molar-refractivity contribution in [2.45, 2.75) is 25.3 Å². The summed E-state index contributed by atoms with van der Waals surface area (Å²) < 4.78 is 37.5. The number of aliphatic hydroxyl groups is 2. The van der Waals surface area contributed by atoms with E-state index in [2.05, 4.69) is 0 Å². The first-order valence-electron chi connectivity index (χ1n) is 5.82. The van der Waals surface area contributed by atoms with Crippen molar-refractivity contribution in [2.24, 2.45) is 0 Å². The fraction of sp³-hybridized carbons (Fsp3) is 0.286. The molecule has 0 heterocycles. The van der Waals surface area contributed by atoms with Gasteiger partial charge in [0.15, 0.2) is 6.29 Å². The normalized spacial score (nSPS) is 16.3. The minimum absolute atomic E-state index is 0.0921. The summed E-state index contributed by atoms with van der Waals surface area (Å²) in [4.78, 5) is 0. The Kier molecular flexibility index (Phi) is 3.78. The molecule has 0 unspecified atom stereocenters. The highest BCUT2D eigenvalue weighted by Crippen LogP contribution is 2.36. The molecule has 1 aromatic rings. The molecule has 0 radical (unpaired) electrons. The molecule has 5 heteroatoms. The van der Waals surface area contributed by atoms with Gasteiger partial charge in [0.2, 0.25) is 0 Å². The maximum atomic E-state index is 12.5. The van der Waals surface area contributed by atoms with Crippen LogP contribution in [0.4, 0.5) is 13.2 Å². The van der Waals surface area contributed by atoms with Crippen molar-refractivity contribution in [1.29, 1.82) is 0 Å². The molecule has 0 fully saturated rings. The largest absolute Gasteiger partial charge is 0.412 e. The molecular weight excluding hydrogens is 257 g/mol. The molecule has 0 saturated heterocycles. The van der Waals surface area contributed by atoms with Crippen molar-refractivity contribution < 1.29 is 23.4 Å². The Morgan fingerprint density at radius 2 is 1.68 bits per heavy atom. The Morgan fingerprint density at radius 3 is 2.21 bits per heavy atom. The second kappa shape index (κ2) is 5.19. The topological polar surface area (TPSA) is 40.5 Å². The molecule has 1 aliphatic carbocycles. The molecule has 102 valence electrons. The zero-order valence-electron chi connectivity index (χ0n) is 9.98. The van der Waals surface area contributed by atoms with Crippen molar-refractivity contribution >= 4 is 5.57 Å². The van der Waals surface area contributed by atoms with Gasteiger partial charge in [0.1, 0.15) is 0 Å². The molecule has 0 amide bonds. The van der Waals surface area contributed by atoms with Crippen LogP contribution in [-0.4, -0.2) is 16.4 Å². The van der Waals surface area contributed by atoms with E-state index in [-0.39, 0.29) is 12.8 Å². The van der Waals surface area contributed by atoms with Gasteiger partial charge in [-0.2, -0.15) is 13.2 Å². The second-order valence-corrected chi connectivity index (χ2v) is 4.34. The molecule has 1 aromatic carbocycles. The molecule has 2 nitrogen and oxygen atoms in total. The van der Waals surface area contributed by atoms with E-state index in [0.717, 1.165) is 6.08 Å². The van der Waals surface area contributed by atoms with Gasteiger partial charge >= 0.3 is 6.18 Å². The summed E-state index contributed by atoms with van der Waals surface area (Å²) in [6.07, 6.45) is -3.34. The lowest BCUT2D eigenvalue weighted by Gasteiger charge is -2.19. The minimum atomic E-state index is -4.29. The molecule has 1 aliphatic rings. The molecule has 19 heavy (non-hydrogen) atoms. The van der Waals surface area contributed by atoms with E-state index in [1.54, 1.807) is 24.3 Å². The van der Waals surface area contributed by atoms with Gasteiger partial charge < -0.3 is 10.2 Å². The SMILES string of the molecule is OC(O)c1ccccc1C1=CC=C(C(F)(F)F)CC1. The molecule has 0 aliphatic heterocycles. The Bertz CT molecular complexity index is 528. The van der Waals surface area contributed by atoms with Crippen LogP contribution in [0.25, 0.3) is 5.57 Å². The summed E-state index contributed by atoms with van der Waals surface area (Å²) in [6.45, 7) is 0. The number of hydrogen-bond donors (Lipinski definition) is 2. The predicted octanol–water partition coefficient (Wildman–Crippen LogP) is 3.34. The second-order valence-electron chi connectivity index (χ2n) is 4.34. The quantitative estimate of drug-likeness (QED) is 0.809. The van der Waals surface area contributed by atoms with Crippen molar-refractivity contribution in [3.8, 4) is 0 Å². The van der Waals surface area contributed by atoms with Crippen molar-refractivity contribution in [2.75, 3.05) is 0 Å². The molecule has 2 rings (SSSR count). The molecule has 0 spiro atoms. The van der Waals surface area contributed by atoms with E-state index in [0.29, 0.717) is 16.7 Å². The average molecular weight is 270 g/mol. The Balaban J connectivity index is 2.35. The van der Waals surface area contributed by atoms with Crippen LogP contribution in [0.2, 0.25) is 0 Å². The molecule has 2 N–H and O–H groups in total.